The quantitative estimate of drug-likeness (QED) is 0.173. The van der Waals surface area contributed by atoms with E-state index in [1.54, 1.807) is 0 Å². The molecule has 69 heavy (non-hydrogen) atoms. The summed E-state index contributed by atoms with van der Waals surface area (Å²) in [5, 5.41) is 5.06. The highest BCUT2D eigenvalue weighted by Crippen LogP contribution is 2.61. The van der Waals surface area contributed by atoms with E-state index in [1.165, 1.54) is 82.7 Å². The van der Waals surface area contributed by atoms with Crippen LogP contribution in [0.5, 0.6) is 0 Å². The Hall–Kier alpha value is -9.12. The lowest BCUT2D eigenvalue weighted by Gasteiger charge is -2.39. The zero-order valence-electron chi connectivity index (χ0n) is 37.4. The van der Waals surface area contributed by atoms with E-state index in [0.717, 1.165) is 44.9 Å². The Morgan fingerprint density at radius 3 is 1.57 bits per heavy atom. The summed E-state index contributed by atoms with van der Waals surface area (Å²) in [6.07, 6.45) is 0. The van der Waals surface area contributed by atoms with E-state index in [-0.39, 0.29) is 0 Å². The van der Waals surface area contributed by atoms with Crippen LogP contribution in [-0.4, -0.2) is 19.1 Å². The predicted octanol–water partition coefficient (Wildman–Crippen LogP) is 16.0. The van der Waals surface area contributed by atoms with Crippen LogP contribution in [0.2, 0.25) is 0 Å². The molecular formula is C65H40N4. The van der Waals surface area contributed by atoms with Gasteiger partial charge in [0, 0.05) is 43.9 Å². The SMILES string of the molecule is c1ccc(-c2cc(-c3ccc(-n4c5ccccc5c5ccccc54)cc3)nc(-c3cccc(-c4ccc5c(c4)-c4ccccc4C54c5ccccc5-n5c6ccccc6c6cccc4c65)c3)n2)cc1. The third-order valence-corrected chi connectivity index (χ3v) is 14.9. The molecule has 0 fully saturated rings. The molecule has 1 atom stereocenters. The molecule has 1 unspecified atom stereocenters. The average molecular weight is 877 g/mol. The summed E-state index contributed by atoms with van der Waals surface area (Å²) in [5.74, 6) is 0.687. The Kier molecular flexibility index (Phi) is 7.96. The van der Waals surface area contributed by atoms with Crippen LogP contribution in [0.1, 0.15) is 22.3 Å². The van der Waals surface area contributed by atoms with Crippen LogP contribution in [0.25, 0.3) is 111 Å². The number of rotatable bonds is 5. The fraction of sp³-hybridized carbons (Fsp3) is 0.0154. The van der Waals surface area contributed by atoms with Crippen molar-refractivity contribution in [3.8, 4) is 67.5 Å². The molecule has 15 rings (SSSR count). The standard InChI is InChI=1S/C65H40N4/c1-2-16-41(17-3-1)57-40-58(42-32-35-46(36-33-42)68-59-28-10-5-21-48(59)49-22-6-11-29-60(49)68)67-64(66-57)45-19-14-18-43(38-45)44-34-37-54-52(39-44)47-20-4-8-25-53(47)65(54)55-26-9-13-31-62(55)69-61-30-12-7-23-50(61)51-24-15-27-56(65)63(51)69/h1-40H. The monoisotopic (exact) mass is 876 g/mol. The third-order valence-electron chi connectivity index (χ3n) is 14.9. The molecule has 320 valence electrons. The molecule has 1 aliphatic heterocycles. The highest BCUT2D eigenvalue weighted by atomic mass is 15.0. The van der Waals surface area contributed by atoms with Gasteiger partial charge in [0.15, 0.2) is 5.82 Å². The van der Waals surface area contributed by atoms with Gasteiger partial charge in [0.2, 0.25) is 0 Å². The lowest BCUT2D eigenvalue weighted by molar-refractivity contribution is 0.748. The summed E-state index contributed by atoms with van der Waals surface area (Å²) in [5.41, 5.74) is 21.6. The first-order valence-corrected chi connectivity index (χ1v) is 23.7. The zero-order chi connectivity index (χ0) is 45.2. The van der Waals surface area contributed by atoms with Crippen LogP contribution in [0, 0.1) is 0 Å². The van der Waals surface area contributed by atoms with Gasteiger partial charge in [-0.2, -0.15) is 0 Å². The number of aromatic nitrogens is 4. The Morgan fingerprint density at radius 2 is 0.812 bits per heavy atom. The van der Waals surface area contributed by atoms with Crippen molar-refractivity contribution in [2.75, 3.05) is 0 Å². The van der Waals surface area contributed by atoms with Crippen LogP contribution in [0.3, 0.4) is 0 Å². The molecule has 0 radical (unpaired) electrons. The molecule has 0 bridgehead atoms. The minimum atomic E-state index is -0.490. The smallest absolute Gasteiger partial charge is 0.160 e. The van der Waals surface area contributed by atoms with Crippen LogP contribution in [0.4, 0.5) is 0 Å². The van der Waals surface area contributed by atoms with Gasteiger partial charge in [-0.3, -0.25) is 0 Å². The topological polar surface area (TPSA) is 35.6 Å². The fourth-order valence-corrected chi connectivity index (χ4v) is 12.0. The summed E-state index contributed by atoms with van der Waals surface area (Å²) >= 11 is 0. The van der Waals surface area contributed by atoms with Crippen molar-refractivity contribution in [2.24, 2.45) is 0 Å². The summed E-state index contributed by atoms with van der Waals surface area (Å²) in [6, 6.07) is 88.4. The first-order valence-electron chi connectivity index (χ1n) is 23.7. The number of nitrogens with zero attached hydrogens (tertiary/aromatic N) is 4. The maximum Gasteiger partial charge on any atom is 0.160 e. The van der Waals surface area contributed by atoms with Gasteiger partial charge in [0.1, 0.15) is 0 Å². The van der Waals surface area contributed by atoms with E-state index in [1.807, 2.05) is 6.07 Å². The Balaban J connectivity index is 0.863. The van der Waals surface area contributed by atoms with Gasteiger partial charge in [-0.1, -0.05) is 188 Å². The lowest BCUT2D eigenvalue weighted by Crippen LogP contribution is -2.33. The molecule has 2 aliphatic rings. The minimum Gasteiger partial charge on any atom is -0.309 e. The molecule has 10 aromatic carbocycles. The number of hydrogen-bond donors (Lipinski definition) is 0. The maximum atomic E-state index is 5.33. The second-order valence-corrected chi connectivity index (χ2v) is 18.5. The van der Waals surface area contributed by atoms with Gasteiger partial charge < -0.3 is 9.13 Å². The van der Waals surface area contributed by atoms with Crippen molar-refractivity contribution in [2.45, 2.75) is 5.41 Å². The fourth-order valence-electron chi connectivity index (χ4n) is 12.0. The molecule has 0 saturated heterocycles. The summed E-state index contributed by atoms with van der Waals surface area (Å²) in [7, 11) is 0. The van der Waals surface area contributed by atoms with Gasteiger partial charge in [-0.25, -0.2) is 9.97 Å². The average Bonchev–Trinajstić information content (AvgIpc) is 4.05. The Labute approximate surface area is 398 Å². The van der Waals surface area contributed by atoms with E-state index in [4.69, 9.17) is 9.97 Å². The van der Waals surface area contributed by atoms with Crippen molar-refractivity contribution in [3.05, 3.63) is 265 Å². The number of fused-ring (bicyclic) bond motifs is 15. The first kappa shape index (κ1) is 38.0. The van der Waals surface area contributed by atoms with Crippen LogP contribution < -0.4 is 0 Å². The maximum absolute atomic E-state index is 5.33. The van der Waals surface area contributed by atoms with Crippen molar-refractivity contribution in [1.29, 1.82) is 0 Å². The molecule has 0 saturated carbocycles. The van der Waals surface area contributed by atoms with Gasteiger partial charge in [0.25, 0.3) is 0 Å². The van der Waals surface area contributed by atoms with Gasteiger partial charge in [0.05, 0.1) is 44.6 Å². The third kappa shape index (κ3) is 5.34. The van der Waals surface area contributed by atoms with Crippen LogP contribution in [-0.2, 0) is 5.41 Å². The summed E-state index contributed by atoms with van der Waals surface area (Å²) in [6.45, 7) is 0. The van der Waals surface area contributed by atoms with Crippen LogP contribution >= 0.6 is 0 Å². The first-order chi connectivity index (χ1) is 34.2. The molecule has 0 amide bonds. The Morgan fingerprint density at radius 1 is 0.304 bits per heavy atom. The molecular weight excluding hydrogens is 837 g/mol. The normalized spacial score (nSPS) is 14.4. The molecule has 4 nitrogen and oxygen atoms in total. The number of hydrogen-bond acceptors (Lipinski definition) is 2. The van der Waals surface area contributed by atoms with E-state index in [9.17, 15) is 0 Å². The second kappa shape index (κ2) is 14.4. The zero-order valence-corrected chi connectivity index (χ0v) is 37.4. The predicted molar refractivity (Wildman–Crippen MR) is 283 cm³/mol. The minimum absolute atomic E-state index is 0.490. The highest BCUT2D eigenvalue weighted by Gasteiger charge is 2.50. The van der Waals surface area contributed by atoms with Gasteiger partial charge in [-0.05, 0) is 99.1 Å². The Bertz CT molecular complexity index is 4200. The molecule has 0 N–H and O–H groups in total. The number of benzene rings is 10. The van der Waals surface area contributed by atoms with Crippen molar-refractivity contribution in [1.82, 2.24) is 19.1 Å². The molecule has 1 aliphatic carbocycles. The van der Waals surface area contributed by atoms with Gasteiger partial charge >= 0.3 is 0 Å². The van der Waals surface area contributed by atoms with Gasteiger partial charge in [-0.15, -0.1) is 0 Å². The van der Waals surface area contributed by atoms with Crippen molar-refractivity contribution >= 4 is 43.6 Å². The molecule has 13 aromatic rings. The van der Waals surface area contributed by atoms with Crippen molar-refractivity contribution < 1.29 is 0 Å². The summed E-state index contributed by atoms with van der Waals surface area (Å²) in [4.78, 5) is 10.6. The molecule has 1 spiro atoms. The largest absolute Gasteiger partial charge is 0.309 e. The summed E-state index contributed by atoms with van der Waals surface area (Å²) < 4.78 is 4.86. The lowest BCUT2D eigenvalue weighted by atomic mass is 9.65. The van der Waals surface area contributed by atoms with E-state index in [0.29, 0.717) is 5.82 Å². The molecule has 4 heteroatoms. The highest BCUT2D eigenvalue weighted by molar-refractivity contribution is 6.13. The molecule has 4 heterocycles. The second-order valence-electron chi connectivity index (χ2n) is 18.5. The van der Waals surface area contributed by atoms with E-state index >= 15 is 0 Å². The number of para-hydroxylation sites is 5. The van der Waals surface area contributed by atoms with Crippen molar-refractivity contribution in [3.63, 3.8) is 0 Å². The van der Waals surface area contributed by atoms with E-state index in [2.05, 4.69) is 246 Å². The van der Waals surface area contributed by atoms with Crippen LogP contribution in [0.15, 0.2) is 243 Å². The van der Waals surface area contributed by atoms with E-state index < -0.39 is 5.41 Å². The molecule has 3 aromatic heterocycles.